The van der Waals surface area contributed by atoms with Gasteiger partial charge in [-0.2, -0.15) is 0 Å². The van der Waals surface area contributed by atoms with Crippen molar-refractivity contribution in [3.05, 3.63) is 48.6 Å². The van der Waals surface area contributed by atoms with Gasteiger partial charge in [0.25, 0.3) is 0 Å². The van der Waals surface area contributed by atoms with E-state index in [4.69, 9.17) is 4.74 Å². The van der Waals surface area contributed by atoms with Crippen molar-refractivity contribution in [1.29, 1.82) is 0 Å². The minimum atomic E-state index is -0.857. The van der Waals surface area contributed by atoms with E-state index in [9.17, 15) is 19.8 Å². The van der Waals surface area contributed by atoms with Crippen molar-refractivity contribution >= 4 is 11.9 Å². The van der Waals surface area contributed by atoms with E-state index < -0.39 is 12.1 Å². The van der Waals surface area contributed by atoms with Crippen molar-refractivity contribution in [1.82, 2.24) is 5.32 Å². The Kier molecular flexibility index (Phi) is 46.7. The maximum atomic E-state index is 12.4. The highest BCUT2D eigenvalue weighted by molar-refractivity contribution is 5.76. The van der Waals surface area contributed by atoms with E-state index in [-0.39, 0.29) is 18.5 Å². The molecular formula is C53H97NO5. The Morgan fingerprint density at radius 1 is 0.475 bits per heavy atom. The summed E-state index contributed by atoms with van der Waals surface area (Å²) in [6, 6.07) is -0.643. The number of amides is 1. The Balaban J connectivity index is 3.53. The largest absolute Gasteiger partial charge is 0.466 e. The van der Waals surface area contributed by atoms with Gasteiger partial charge in [0.15, 0.2) is 0 Å². The van der Waals surface area contributed by atoms with Crippen molar-refractivity contribution < 1.29 is 24.5 Å². The van der Waals surface area contributed by atoms with Crippen LogP contribution in [0.25, 0.3) is 0 Å². The van der Waals surface area contributed by atoms with Crippen molar-refractivity contribution in [3.8, 4) is 0 Å². The fourth-order valence-corrected chi connectivity index (χ4v) is 7.38. The number of carbonyl (C=O) groups excluding carboxylic acids is 2. The van der Waals surface area contributed by atoms with Crippen LogP contribution in [-0.4, -0.2) is 47.4 Å². The lowest BCUT2D eigenvalue weighted by molar-refractivity contribution is -0.143. The van der Waals surface area contributed by atoms with Gasteiger partial charge in [0.2, 0.25) is 5.91 Å². The van der Waals surface area contributed by atoms with Crippen LogP contribution in [0.1, 0.15) is 251 Å². The van der Waals surface area contributed by atoms with Crippen LogP contribution in [0.3, 0.4) is 0 Å². The molecule has 0 aromatic rings. The Hall–Kier alpha value is -2.18. The fourth-order valence-electron chi connectivity index (χ4n) is 7.38. The normalized spacial score (nSPS) is 13.1. The molecule has 0 rings (SSSR count). The van der Waals surface area contributed by atoms with Gasteiger partial charge in [-0.15, -0.1) is 0 Å². The second kappa shape index (κ2) is 48.5. The van der Waals surface area contributed by atoms with Crippen LogP contribution in [0.15, 0.2) is 48.6 Å². The molecule has 0 bridgehead atoms. The lowest BCUT2D eigenvalue weighted by Crippen LogP contribution is -2.45. The zero-order valence-corrected chi connectivity index (χ0v) is 39.0. The van der Waals surface area contributed by atoms with E-state index in [1.165, 1.54) is 148 Å². The van der Waals surface area contributed by atoms with E-state index in [1.54, 1.807) is 6.08 Å². The number of aliphatic hydroxyl groups is 2. The molecule has 2 unspecified atom stereocenters. The summed E-state index contributed by atoms with van der Waals surface area (Å²) in [7, 11) is 0. The summed E-state index contributed by atoms with van der Waals surface area (Å²) in [4.78, 5) is 24.4. The van der Waals surface area contributed by atoms with Gasteiger partial charge in [-0.05, 0) is 89.9 Å². The summed E-state index contributed by atoms with van der Waals surface area (Å²) < 4.78 is 5.44. The average molecular weight is 828 g/mol. The van der Waals surface area contributed by atoms with Gasteiger partial charge in [-0.25, -0.2) is 0 Å². The molecular weight excluding hydrogens is 731 g/mol. The number of nitrogens with one attached hydrogen (secondary N) is 1. The molecule has 1 amide bonds. The molecule has 0 fully saturated rings. The fraction of sp³-hybridized carbons (Fsp3) is 0.811. The Morgan fingerprint density at radius 3 is 1.31 bits per heavy atom. The molecule has 0 heterocycles. The number of ether oxygens (including phenoxy) is 1. The highest BCUT2D eigenvalue weighted by Gasteiger charge is 2.18. The van der Waals surface area contributed by atoms with Gasteiger partial charge in [-0.1, -0.05) is 197 Å². The molecule has 0 aliphatic carbocycles. The molecule has 59 heavy (non-hydrogen) atoms. The minimum absolute atomic E-state index is 0.0274. The molecule has 0 saturated heterocycles. The van der Waals surface area contributed by atoms with Crippen molar-refractivity contribution in [3.63, 3.8) is 0 Å². The summed E-state index contributed by atoms with van der Waals surface area (Å²) in [5.41, 5.74) is 0. The van der Waals surface area contributed by atoms with Crippen LogP contribution >= 0.6 is 0 Å². The first-order chi connectivity index (χ1) is 29.0. The van der Waals surface area contributed by atoms with E-state index in [2.05, 4.69) is 55.6 Å². The van der Waals surface area contributed by atoms with Gasteiger partial charge < -0.3 is 20.3 Å². The SMILES string of the molecule is CCCCCCCC/C=C\CCCCCCCCCC(=O)OCCCCC/C=C\C=C/CCCCCCCCC(=O)NC(CO)C(O)/C=C/CCCCCCCCCC. The van der Waals surface area contributed by atoms with Gasteiger partial charge >= 0.3 is 5.97 Å². The zero-order valence-electron chi connectivity index (χ0n) is 39.0. The molecule has 0 aromatic carbocycles. The van der Waals surface area contributed by atoms with Crippen LogP contribution in [0.5, 0.6) is 0 Å². The quantitative estimate of drug-likeness (QED) is 0.0246. The van der Waals surface area contributed by atoms with E-state index in [0.717, 1.165) is 77.0 Å². The van der Waals surface area contributed by atoms with Gasteiger partial charge in [0.05, 0.1) is 25.4 Å². The van der Waals surface area contributed by atoms with Crippen molar-refractivity contribution in [2.75, 3.05) is 13.2 Å². The van der Waals surface area contributed by atoms with Crippen LogP contribution in [0.4, 0.5) is 0 Å². The van der Waals surface area contributed by atoms with Crippen LogP contribution in [0.2, 0.25) is 0 Å². The molecule has 344 valence electrons. The monoisotopic (exact) mass is 828 g/mol. The second-order valence-corrected chi connectivity index (χ2v) is 17.2. The number of esters is 1. The molecule has 0 aliphatic rings. The van der Waals surface area contributed by atoms with Gasteiger partial charge in [0.1, 0.15) is 0 Å². The smallest absolute Gasteiger partial charge is 0.305 e. The third-order valence-corrected chi connectivity index (χ3v) is 11.3. The lowest BCUT2D eigenvalue weighted by Gasteiger charge is -2.20. The van der Waals surface area contributed by atoms with Crippen LogP contribution < -0.4 is 5.32 Å². The van der Waals surface area contributed by atoms with Gasteiger partial charge in [-0.3, -0.25) is 9.59 Å². The Bertz CT molecular complexity index is 1000. The number of rotatable bonds is 46. The maximum Gasteiger partial charge on any atom is 0.305 e. The summed E-state index contributed by atoms with van der Waals surface area (Å²) in [5.74, 6) is -0.122. The zero-order chi connectivity index (χ0) is 43.0. The second-order valence-electron chi connectivity index (χ2n) is 17.2. The van der Waals surface area contributed by atoms with Crippen molar-refractivity contribution in [2.45, 2.75) is 264 Å². The highest BCUT2D eigenvalue weighted by Crippen LogP contribution is 2.14. The van der Waals surface area contributed by atoms with Crippen LogP contribution in [-0.2, 0) is 14.3 Å². The van der Waals surface area contributed by atoms with Gasteiger partial charge in [0, 0.05) is 12.8 Å². The van der Waals surface area contributed by atoms with Crippen molar-refractivity contribution in [2.24, 2.45) is 0 Å². The molecule has 2 atom stereocenters. The summed E-state index contributed by atoms with van der Waals surface area (Å²) in [5, 5.41) is 22.9. The average Bonchev–Trinajstić information content (AvgIpc) is 3.24. The predicted molar refractivity (Wildman–Crippen MR) is 255 cm³/mol. The first-order valence-electron chi connectivity index (χ1n) is 25.4. The molecule has 0 radical (unpaired) electrons. The first kappa shape index (κ1) is 56.8. The molecule has 0 aliphatic heterocycles. The minimum Gasteiger partial charge on any atom is -0.466 e. The molecule has 6 heteroatoms. The van der Waals surface area contributed by atoms with E-state index in [0.29, 0.717) is 19.4 Å². The standard InChI is InChI=1S/C53H97NO5/c1-3-5-7-9-11-13-15-16-17-18-21-24-27-31-35-39-43-47-53(58)59-48-44-40-36-32-28-25-22-19-20-23-26-30-34-38-42-46-52(57)54-50(49-55)51(56)45-41-37-33-29-14-12-10-8-6-4-2/h16-17,19,22,25,28,41,45,50-51,55-56H,3-15,18,20-21,23-24,26-27,29-40,42-44,46-49H2,1-2H3,(H,54,57)/b17-16-,22-19-,28-25-,45-41+. The molecule has 3 N–H and O–H groups in total. The topological polar surface area (TPSA) is 95.9 Å². The van der Waals surface area contributed by atoms with E-state index >= 15 is 0 Å². The Morgan fingerprint density at radius 2 is 0.847 bits per heavy atom. The van der Waals surface area contributed by atoms with Crippen LogP contribution in [0, 0.1) is 0 Å². The first-order valence-corrected chi connectivity index (χ1v) is 25.4. The Labute approximate surface area is 366 Å². The lowest BCUT2D eigenvalue weighted by atomic mass is 10.1. The number of unbranched alkanes of at least 4 members (excludes halogenated alkanes) is 30. The number of hydrogen-bond donors (Lipinski definition) is 3. The summed E-state index contributed by atoms with van der Waals surface area (Å²) >= 11 is 0. The molecule has 6 nitrogen and oxygen atoms in total. The number of hydrogen-bond acceptors (Lipinski definition) is 5. The number of allylic oxidation sites excluding steroid dienone is 7. The highest BCUT2D eigenvalue weighted by atomic mass is 16.5. The number of aliphatic hydroxyl groups excluding tert-OH is 2. The number of carbonyl (C=O) groups is 2. The molecule has 0 aromatic heterocycles. The summed E-state index contributed by atoms with van der Waals surface area (Å²) in [6.45, 7) is 4.81. The third kappa shape index (κ3) is 45.2. The predicted octanol–water partition coefficient (Wildman–Crippen LogP) is 15.1. The molecule has 0 spiro atoms. The maximum absolute atomic E-state index is 12.4. The third-order valence-electron chi connectivity index (χ3n) is 11.3. The molecule has 0 saturated carbocycles. The van der Waals surface area contributed by atoms with E-state index in [1.807, 2.05) is 6.08 Å². The summed E-state index contributed by atoms with van der Waals surface area (Å²) in [6.07, 6.45) is 59.7.